The number of benzene rings is 1. The maximum Gasteiger partial charge on any atom is 0.370 e. The van der Waals surface area contributed by atoms with E-state index in [-0.39, 0.29) is 6.01 Å². The second-order valence-electron chi connectivity index (χ2n) is 2.33. The van der Waals surface area contributed by atoms with E-state index in [1.54, 1.807) is 24.3 Å². The van der Waals surface area contributed by atoms with Gasteiger partial charge in [0.25, 0.3) is 0 Å². The minimum Gasteiger partial charge on any atom is -0.356 e. The zero-order chi connectivity index (χ0) is 9.80. The van der Waals surface area contributed by atoms with Crippen LogP contribution >= 0.6 is 0 Å². The number of aromatic nitrogens is 4. The summed E-state index contributed by atoms with van der Waals surface area (Å²) >= 11 is -1.60. The average molecular weight is 210 g/mol. The van der Waals surface area contributed by atoms with Crippen molar-refractivity contribution in [2.75, 3.05) is 0 Å². The highest BCUT2D eigenvalue weighted by atomic mass is 32.2. The van der Waals surface area contributed by atoms with Crippen molar-refractivity contribution in [1.29, 1.82) is 0 Å². The highest BCUT2D eigenvalue weighted by molar-refractivity contribution is 7.80. The molecule has 0 saturated heterocycles. The average Bonchev–Trinajstić information content (AvgIpc) is 2.72. The van der Waals surface area contributed by atoms with E-state index < -0.39 is 11.1 Å². The number of H-pyrrole nitrogens is 1. The monoisotopic (exact) mass is 210 g/mol. The molecule has 0 radical (unpaired) electrons. The van der Waals surface area contributed by atoms with E-state index in [1.807, 2.05) is 6.07 Å². The predicted molar refractivity (Wildman–Crippen MR) is 47.7 cm³/mol. The molecule has 0 saturated carbocycles. The van der Waals surface area contributed by atoms with E-state index >= 15 is 0 Å². The summed E-state index contributed by atoms with van der Waals surface area (Å²) in [6, 6.07) is 8.72. The van der Waals surface area contributed by atoms with Crippen LogP contribution in [-0.2, 0) is 11.1 Å². The van der Waals surface area contributed by atoms with Crippen LogP contribution in [0.1, 0.15) is 0 Å². The van der Waals surface area contributed by atoms with E-state index in [0.29, 0.717) is 4.90 Å². The number of hydrogen-bond acceptors (Lipinski definition) is 5. The molecule has 1 aromatic carbocycles. The molecule has 0 bridgehead atoms. The Morgan fingerprint density at radius 1 is 1.29 bits per heavy atom. The van der Waals surface area contributed by atoms with Gasteiger partial charge in [0.15, 0.2) is 0 Å². The van der Waals surface area contributed by atoms with Crippen molar-refractivity contribution in [2.45, 2.75) is 4.90 Å². The van der Waals surface area contributed by atoms with E-state index in [2.05, 4.69) is 20.6 Å². The van der Waals surface area contributed by atoms with Gasteiger partial charge in [-0.25, -0.2) is 4.21 Å². The third-order valence-electron chi connectivity index (χ3n) is 1.41. The lowest BCUT2D eigenvalue weighted by molar-refractivity contribution is 0.527. The van der Waals surface area contributed by atoms with Crippen molar-refractivity contribution >= 4 is 11.1 Å². The van der Waals surface area contributed by atoms with E-state index in [0.717, 1.165) is 0 Å². The Morgan fingerprint density at radius 2 is 2.07 bits per heavy atom. The fraction of sp³-hybridized carbons (Fsp3) is 0. The molecule has 7 heteroatoms. The minimum absolute atomic E-state index is 0.0350. The van der Waals surface area contributed by atoms with E-state index in [9.17, 15) is 4.21 Å². The molecule has 1 atom stereocenters. The van der Waals surface area contributed by atoms with Crippen molar-refractivity contribution in [3.05, 3.63) is 30.3 Å². The third kappa shape index (κ3) is 1.94. The van der Waals surface area contributed by atoms with Crippen LogP contribution in [0.2, 0.25) is 0 Å². The number of nitrogens with zero attached hydrogens (tertiary/aromatic N) is 3. The van der Waals surface area contributed by atoms with Crippen LogP contribution in [0.15, 0.2) is 35.2 Å². The first kappa shape index (κ1) is 8.82. The highest BCUT2D eigenvalue weighted by Gasteiger charge is 2.08. The van der Waals surface area contributed by atoms with Gasteiger partial charge in [0.05, 0.1) is 4.90 Å². The molecule has 0 fully saturated rings. The molecular weight excluding hydrogens is 204 g/mol. The summed E-state index contributed by atoms with van der Waals surface area (Å²) in [5, 5.41) is 12.5. The molecule has 1 aromatic heterocycles. The highest BCUT2D eigenvalue weighted by Crippen LogP contribution is 2.08. The van der Waals surface area contributed by atoms with Crippen molar-refractivity contribution in [2.24, 2.45) is 0 Å². The van der Waals surface area contributed by atoms with Crippen molar-refractivity contribution in [1.82, 2.24) is 20.6 Å². The van der Waals surface area contributed by atoms with Gasteiger partial charge in [-0.3, -0.25) is 0 Å². The summed E-state index contributed by atoms with van der Waals surface area (Å²) in [6.07, 6.45) is 0. The lowest BCUT2D eigenvalue weighted by Gasteiger charge is -1.98. The minimum atomic E-state index is -1.60. The number of nitrogens with one attached hydrogen (secondary N) is 1. The SMILES string of the molecule is O=S(Oc1nn[nH]n1)c1ccccc1. The fourth-order valence-corrected chi connectivity index (χ4v) is 1.52. The first-order valence-electron chi connectivity index (χ1n) is 3.75. The van der Waals surface area contributed by atoms with Gasteiger partial charge in [0.1, 0.15) is 0 Å². The molecule has 2 aromatic rings. The van der Waals surface area contributed by atoms with Gasteiger partial charge in [0.2, 0.25) is 11.1 Å². The van der Waals surface area contributed by atoms with Gasteiger partial charge in [-0.15, -0.1) is 0 Å². The molecule has 72 valence electrons. The molecule has 6 nitrogen and oxygen atoms in total. The van der Waals surface area contributed by atoms with Gasteiger partial charge < -0.3 is 4.18 Å². The van der Waals surface area contributed by atoms with Crippen molar-refractivity contribution in [3.63, 3.8) is 0 Å². The van der Waals surface area contributed by atoms with E-state index in [4.69, 9.17) is 4.18 Å². The van der Waals surface area contributed by atoms with Gasteiger partial charge in [-0.1, -0.05) is 28.4 Å². The molecule has 2 rings (SSSR count). The Labute approximate surface area is 82.0 Å². The summed E-state index contributed by atoms with van der Waals surface area (Å²) in [5.74, 6) is 0. The summed E-state index contributed by atoms with van der Waals surface area (Å²) in [7, 11) is 0. The number of hydrogen-bond donors (Lipinski definition) is 1. The topological polar surface area (TPSA) is 80.8 Å². The Hall–Kier alpha value is -1.76. The van der Waals surface area contributed by atoms with Crippen LogP contribution < -0.4 is 4.18 Å². The van der Waals surface area contributed by atoms with Gasteiger partial charge in [-0.2, -0.15) is 5.21 Å². The zero-order valence-corrected chi connectivity index (χ0v) is 7.77. The molecule has 0 aliphatic rings. The third-order valence-corrected chi connectivity index (χ3v) is 2.37. The molecule has 0 aliphatic carbocycles. The predicted octanol–water partition coefficient (Wildman–Crippen LogP) is 0.301. The van der Waals surface area contributed by atoms with Crippen LogP contribution in [0.5, 0.6) is 6.01 Å². The van der Waals surface area contributed by atoms with Crippen LogP contribution in [0.3, 0.4) is 0 Å². The maximum atomic E-state index is 11.5. The molecule has 1 heterocycles. The van der Waals surface area contributed by atoms with Crippen molar-refractivity contribution in [3.8, 4) is 6.01 Å². The number of rotatable bonds is 3. The van der Waals surface area contributed by atoms with Crippen LogP contribution in [0.4, 0.5) is 0 Å². The normalized spacial score (nSPS) is 12.3. The molecule has 0 aliphatic heterocycles. The quantitative estimate of drug-likeness (QED) is 0.788. The smallest absolute Gasteiger partial charge is 0.356 e. The lowest BCUT2D eigenvalue weighted by atomic mass is 10.4. The summed E-state index contributed by atoms with van der Waals surface area (Å²) < 4.78 is 16.4. The second-order valence-corrected chi connectivity index (χ2v) is 3.43. The summed E-state index contributed by atoms with van der Waals surface area (Å²) in [6.45, 7) is 0. The standard InChI is InChI=1S/C7H6N4O2S/c12-14(6-4-2-1-3-5-6)13-7-8-10-11-9-7/h1-5H,(H,8,9,10,11). The first-order chi connectivity index (χ1) is 6.86. The van der Waals surface area contributed by atoms with Crippen LogP contribution in [0, 0.1) is 0 Å². The Kier molecular flexibility index (Phi) is 2.50. The Balaban J connectivity index is 2.11. The zero-order valence-electron chi connectivity index (χ0n) is 6.95. The number of aromatic amines is 1. The maximum absolute atomic E-state index is 11.5. The number of tetrazole rings is 1. The van der Waals surface area contributed by atoms with E-state index in [1.165, 1.54) is 0 Å². The lowest BCUT2D eigenvalue weighted by Crippen LogP contribution is -2.01. The summed E-state index contributed by atoms with van der Waals surface area (Å²) in [4.78, 5) is 0.553. The first-order valence-corrected chi connectivity index (χ1v) is 4.82. The van der Waals surface area contributed by atoms with Gasteiger partial charge >= 0.3 is 6.01 Å². The van der Waals surface area contributed by atoms with Gasteiger partial charge in [-0.05, 0) is 17.3 Å². The largest absolute Gasteiger partial charge is 0.370 e. The molecule has 1 unspecified atom stereocenters. The molecule has 1 N–H and O–H groups in total. The molecule has 0 spiro atoms. The van der Waals surface area contributed by atoms with Crippen molar-refractivity contribution < 1.29 is 8.39 Å². The molecular formula is C7H6N4O2S. The van der Waals surface area contributed by atoms with Crippen LogP contribution in [0.25, 0.3) is 0 Å². The van der Waals surface area contributed by atoms with Gasteiger partial charge in [0, 0.05) is 0 Å². The summed E-state index contributed by atoms with van der Waals surface area (Å²) in [5.41, 5.74) is 0. The Morgan fingerprint density at radius 3 is 2.71 bits per heavy atom. The second kappa shape index (κ2) is 3.97. The van der Waals surface area contributed by atoms with Crippen LogP contribution in [-0.4, -0.2) is 24.8 Å². The fourth-order valence-electron chi connectivity index (χ4n) is 0.835. The Bertz CT molecular complexity index is 417. The molecule has 0 amide bonds. The molecule has 14 heavy (non-hydrogen) atoms.